The predicted molar refractivity (Wildman–Crippen MR) is 126 cm³/mol. The van der Waals surface area contributed by atoms with Crippen LogP contribution in [0.2, 0.25) is 0 Å². The third-order valence-electron chi connectivity index (χ3n) is 7.02. The van der Waals surface area contributed by atoms with Gasteiger partial charge in [-0.05, 0) is 57.8 Å². The van der Waals surface area contributed by atoms with Crippen LogP contribution in [0.5, 0.6) is 5.75 Å². The second-order valence-electron chi connectivity index (χ2n) is 8.93. The zero-order valence-corrected chi connectivity index (χ0v) is 18.9. The van der Waals surface area contributed by atoms with Crippen LogP contribution in [0.3, 0.4) is 0 Å². The van der Waals surface area contributed by atoms with Crippen molar-refractivity contribution in [2.24, 2.45) is 0 Å². The van der Waals surface area contributed by atoms with E-state index in [0.29, 0.717) is 23.4 Å². The molecular weight excluding hydrogens is 404 g/mol. The van der Waals surface area contributed by atoms with Gasteiger partial charge in [-0.3, -0.25) is 9.80 Å². The highest BCUT2D eigenvalue weighted by molar-refractivity contribution is 5.98. The summed E-state index contributed by atoms with van der Waals surface area (Å²) >= 11 is 0. The number of fused-ring (bicyclic) bond motifs is 1. The smallest absolute Gasteiger partial charge is 0.164 e. The number of piperidine rings is 2. The normalized spacial score (nSPS) is 21.2. The SMILES string of the molecule is COc1cc(-c2nn(C3CCN(C4CCCCN4C)CC3)c3ncnc(N)c23)ccc1N. The van der Waals surface area contributed by atoms with Crippen LogP contribution in [0, 0.1) is 0 Å². The van der Waals surface area contributed by atoms with Gasteiger partial charge in [0.05, 0.1) is 30.4 Å². The van der Waals surface area contributed by atoms with Gasteiger partial charge in [0.1, 0.15) is 23.6 Å². The van der Waals surface area contributed by atoms with E-state index >= 15 is 0 Å². The second-order valence-corrected chi connectivity index (χ2v) is 8.93. The van der Waals surface area contributed by atoms with Gasteiger partial charge in [0, 0.05) is 18.7 Å². The van der Waals surface area contributed by atoms with Crippen molar-refractivity contribution in [2.75, 3.05) is 45.3 Å². The molecule has 0 saturated carbocycles. The summed E-state index contributed by atoms with van der Waals surface area (Å²) in [6.45, 7) is 3.32. The summed E-state index contributed by atoms with van der Waals surface area (Å²) in [4.78, 5) is 14.0. The lowest BCUT2D eigenvalue weighted by atomic mass is 10.0. The van der Waals surface area contributed by atoms with Gasteiger partial charge >= 0.3 is 0 Å². The Bertz CT molecular complexity index is 1100. The third-order valence-corrected chi connectivity index (χ3v) is 7.02. The van der Waals surface area contributed by atoms with Crippen molar-refractivity contribution in [2.45, 2.75) is 44.3 Å². The first-order chi connectivity index (χ1) is 15.6. The van der Waals surface area contributed by atoms with E-state index in [4.69, 9.17) is 21.3 Å². The predicted octanol–water partition coefficient (Wildman–Crippen LogP) is 2.75. The molecule has 2 aliphatic rings. The molecule has 0 radical (unpaired) electrons. The van der Waals surface area contributed by atoms with Crippen molar-refractivity contribution in [3.8, 4) is 17.0 Å². The van der Waals surface area contributed by atoms with Crippen LogP contribution in [0.1, 0.15) is 38.1 Å². The molecule has 0 amide bonds. The van der Waals surface area contributed by atoms with Gasteiger partial charge in [0.15, 0.2) is 5.65 Å². The first-order valence-electron chi connectivity index (χ1n) is 11.4. The molecule has 2 saturated heterocycles. The van der Waals surface area contributed by atoms with Crippen LogP contribution in [-0.2, 0) is 0 Å². The highest BCUT2D eigenvalue weighted by atomic mass is 16.5. The molecule has 2 aliphatic heterocycles. The fraction of sp³-hybridized carbons (Fsp3) is 0.522. The van der Waals surface area contributed by atoms with Crippen molar-refractivity contribution in [3.05, 3.63) is 24.5 Å². The van der Waals surface area contributed by atoms with E-state index in [1.807, 2.05) is 18.2 Å². The van der Waals surface area contributed by atoms with E-state index in [1.54, 1.807) is 7.11 Å². The minimum Gasteiger partial charge on any atom is -0.495 e. The topological polar surface area (TPSA) is 111 Å². The number of aromatic nitrogens is 4. The molecule has 170 valence electrons. The Labute approximate surface area is 188 Å². The Balaban J connectivity index is 1.46. The summed E-state index contributed by atoms with van der Waals surface area (Å²) in [7, 11) is 3.87. The number of rotatable bonds is 4. The Kier molecular flexibility index (Phi) is 5.60. The van der Waals surface area contributed by atoms with E-state index in [-0.39, 0.29) is 6.04 Å². The van der Waals surface area contributed by atoms with Crippen LogP contribution in [0.4, 0.5) is 11.5 Å². The summed E-state index contributed by atoms with van der Waals surface area (Å²) in [5.74, 6) is 1.05. The van der Waals surface area contributed by atoms with Crippen LogP contribution in [0.25, 0.3) is 22.3 Å². The average Bonchev–Trinajstić information content (AvgIpc) is 3.21. The van der Waals surface area contributed by atoms with Crippen molar-refractivity contribution < 1.29 is 4.74 Å². The van der Waals surface area contributed by atoms with Crippen LogP contribution in [-0.4, -0.2) is 69.5 Å². The lowest BCUT2D eigenvalue weighted by Crippen LogP contribution is -2.51. The molecule has 1 aromatic carbocycles. The van der Waals surface area contributed by atoms with Crippen molar-refractivity contribution in [1.29, 1.82) is 0 Å². The van der Waals surface area contributed by atoms with E-state index in [9.17, 15) is 0 Å². The van der Waals surface area contributed by atoms with Gasteiger partial charge in [-0.15, -0.1) is 0 Å². The van der Waals surface area contributed by atoms with Gasteiger partial charge in [0.25, 0.3) is 0 Å². The van der Waals surface area contributed by atoms with E-state index in [1.165, 1.54) is 32.1 Å². The summed E-state index contributed by atoms with van der Waals surface area (Å²) < 4.78 is 7.48. The Morgan fingerprint density at radius 1 is 1.03 bits per heavy atom. The standard InChI is InChI=1S/C23H32N8O/c1-29-10-4-3-5-19(29)30-11-8-16(9-12-30)31-23-20(22(25)26-14-27-23)21(28-31)15-6-7-17(24)18(13-15)32-2/h6-7,13-14,16,19H,3-5,8-12,24H2,1-2H3,(H2,25,26,27). The van der Waals surface area contributed by atoms with Gasteiger partial charge in [0.2, 0.25) is 0 Å². The monoisotopic (exact) mass is 436 g/mol. The molecule has 3 aromatic rings. The molecular formula is C23H32N8O. The minimum atomic E-state index is 0.279. The lowest BCUT2D eigenvalue weighted by Gasteiger charge is -2.43. The third kappa shape index (κ3) is 3.65. The molecule has 1 unspecified atom stereocenters. The molecule has 2 fully saturated rings. The molecule has 9 nitrogen and oxygen atoms in total. The number of nitrogen functional groups attached to an aromatic ring is 2. The van der Waals surface area contributed by atoms with Crippen LogP contribution in [0.15, 0.2) is 24.5 Å². The van der Waals surface area contributed by atoms with E-state index < -0.39 is 0 Å². The van der Waals surface area contributed by atoms with Gasteiger partial charge in [-0.1, -0.05) is 6.07 Å². The van der Waals surface area contributed by atoms with Gasteiger partial charge in [-0.2, -0.15) is 5.10 Å². The number of anilines is 2. The number of hydrogen-bond donors (Lipinski definition) is 2. The second kappa shape index (κ2) is 8.55. The zero-order chi connectivity index (χ0) is 22.2. The number of ether oxygens (including phenoxy) is 1. The minimum absolute atomic E-state index is 0.279. The molecule has 4 heterocycles. The number of likely N-dealkylation sites (tertiary alicyclic amines) is 2. The zero-order valence-electron chi connectivity index (χ0n) is 18.9. The number of benzene rings is 1. The molecule has 2 aromatic heterocycles. The van der Waals surface area contributed by atoms with E-state index in [2.05, 4.69) is 31.5 Å². The van der Waals surface area contributed by atoms with Crippen LogP contribution >= 0.6 is 0 Å². The molecule has 0 aliphatic carbocycles. The maximum atomic E-state index is 6.30. The van der Waals surface area contributed by atoms with Gasteiger partial charge < -0.3 is 16.2 Å². The Morgan fingerprint density at radius 2 is 1.84 bits per heavy atom. The summed E-state index contributed by atoms with van der Waals surface area (Å²) in [6, 6.07) is 5.95. The first kappa shape index (κ1) is 21.0. The molecule has 0 spiro atoms. The fourth-order valence-corrected chi connectivity index (χ4v) is 5.26. The number of nitrogens with zero attached hydrogens (tertiary/aromatic N) is 6. The van der Waals surface area contributed by atoms with E-state index in [0.717, 1.165) is 48.2 Å². The average molecular weight is 437 g/mol. The maximum Gasteiger partial charge on any atom is 0.164 e. The molecule has 0 bridgehead atoms. The van der Waals surface area contributed by atoms with Crippen molar-refractivity contribution in [3.63, 3.8) is 0 Å². The summed E-state index contributed by atoms with van der Waals surface area (Å²) in [5, 5.41) is 5.80. The molecule has 32 heavy (non-hydrogen) atoms. The van der Waals surface area contributed by atoms with Crippen LogP contribution < -0.4 is 16.2 Å². The van der Waals surface area contributed by atoms with Gasteiger partial charge in [-0.25, -0.2) is 14.6 Å². The Morgan fingerprint density at radius 3 is 2.59 bits per heavy atom. The quantitative estimate of drug-likeness (QED) is 0.601. The lowest BCUT2D eigenvalue weighted by molar-refractivity contribution is 0.0104. The van der Waals surface area contributed by atoms with Crippen molar-refractivity contribution >= 4 is 22.5 Å². The first-order valence-corrected chi connectivity index (χ1v) is 11.4. The summed E-state index contributed by atoms with van der Waals surface area (Å²) in [6.07, 6.45) is 8.06. The molecule has 5 rings (SSSR count). The molecule has 4 N–H and O–H groups in total. The number of nitrogens with two attached hydrogens (primary N) is 2. The highest BCUT2D eigenvalue weighted by Gasteiger charge is 2.31. The number of hydrogen-bond acceptors (Lipinski definition) is 8. The van der Waals surface area contributed by atoms with Crippen molar-refractivity contribution in [1.82, 2.24) is 29.5 Å². The summed E-state index contributed by atoms with van der Waals surface area (Å²) in [5.41, 5.74) is 15.4. The maximum absolute atomic E-state index is 6.30. The molecule has 9 heteroatoms. The fourth-order valence-electron chi connectivity index (χ4n) is 5.26. The molecule has 1 atom stereocenters. The highest BCUT2D eigenvalue weighted by Crippen LogP contribution is 2.37. The largest absolute Gasteiger partial charge is 0.495 e. The number of methoxy groups -OCH3 is 1. The Hall–Kier alpha value is -2.91.